The largest absolute Gasteiger partial charge is 0.378 e. The summed E-state index contributed by atoms with van der Waals surface area (Å²) in [7, 11) is 3.91. The number of benzene rings is 1. The first-order valence-corrected chi connectivity index (χ1v) is 9.71. The first-order valence-electron chi connectivity index (χ1n) is 9.33. The molecule has 0 radical (unpaired) electrons. The lowest BCUT2D eigenvalue weighted by Gasteiger charge is -2.18. The number of nitrogens with one attached hydrogen (secondary N) is 3. The Labute approximate surface area is 175 Å². The molecule has 0 unspecified atom stereocenters. The average Bonchev–Trinajstić information content (AvgIpc) is 3.49. The highest BCUT2D eigenvalue weighted by Gasteiger charge is 2.44. The maximum atomic E-state index is 12.6. The minimum absolute atomic E-state index is 0.0383. The standard InChI is InChI=1S/C21H25ClN6O/c1-4-23-11-16(28(2)3)12-24-19-10-20(26-13-25-19)27-21(29)18-9-17(18)14-6-5-7-15(22)8-14/h4-8,10-11,13,17-18,23H,1,9,12H2,2-3H3,(H2,24,25,26,27,29)/b16-11-/t17-,18+/m1/s1. The maximum Gasteiger partial charge on any atom is 0.229 e. The molecule has 152 valence electrons. The zero-order valence-electron chi connectivity index (χ0n) is 16.5. The van der Waals surface area contributed by atoms with Crippen molar-refractivity contribution in [2.75, 3.05) is 31.3 Å². The van der Waals surface area contributed by atoms with Gasteiger partial charge in [0.05, 0.1) is 6.54 Å². The molecule has 1 aliphatic carbocycles. The predicted molar refractivity (Wildman–Crippen MR) is 117 cm³/mol. The zero-order valence-corrected chi connectivity index (χ0v) is 17.3. The maximum absolute atomic E-state index is 12.6. The van der Waals surface area contributed by atoms with Gasteiger partial charge in [-0.3, -0.25) is 4.79 Å². The second kappa shape index (κ2) is 9.43. The van der Waals surface area contributed by atoms with Crippen LogP contribution in [0.2, 0.25) is 5.02 Å². The van der Waals surface area contributed by atoms with Crippen molar-refractivity contribution in [3.05, 3.63) is 71.9 Å². The first kappa shape index (κ1) is 20.7. The fraction of sp³-hybridized carbons (Fsp3) is 0.286. The van der Waals surface area contributed by atoms with E-state index >= 15 is 0 Å². The number of amides is 1. The summed E-state index contributed by atoms with van der Waals surface area (Å²) in [5, 5.41) is 9.78. The summed E-state index contributed by atoms with van der Waals surface area (Å²) in [6.07, 6.45) is 5.71. The molecule has 1 heterocycles. The molecule has 1 fully saturated rings. The Morgan fingerprint density at radius 3 is 2.83 bits per heavy atom. The fourth-order valence-corrected chi connectivity index (χ4v) is 3.20. The molecule has 0 aliphatic heterocycles. The topological polar surface area (TPSA) is 82.2 Å². The van der Waals surface area contributed by atoms with Crippen LogP contribution in [0.15, 0.2) is 61.3 Å². The molecule has 7 nitrogen and oxygen atoms in total. The van der Waals surface area contributed by atoms with E-state index in [1.165, 1.54) is 6.33 Å². The minimum Gasteiger partial charge on any atom is -0.378 e. The number of rotatable bonds is 9. The summed E-state index contributed by atoms with van der Waals surface area (Å²) in [5.41, 5.74) is 2.11. The molecule has 1 aliphatic rings. The molecule has 1 saturated carbocycles. The number of likely N-dealkylation sites (N-methyl/N-ethyl adjacent to an activating group) is 1. The molecule has 1 amide bonds. The average molecular weight is 413 g/mol. The minimum atomic E-state index is -0.0619. The second-order valence-electron chi connectivity index (χ2n) is 7.04. The van der Waals surface area contributed by atoms with E-state index in [0.717, 1.165) is 17.7 Å². The molecule has 8 heteroatoms. The molecular formula is C21H25ClN6O. The summed E-state index contributed by atoms with van der Waals surface area (Å²) >= 11 is 6.05. The predicted octanol–water partition coefficient (Wildman–Crippen LogP) is 3.42. The van der Waals surface area contributed by atoms with Gasteiger partial charge < -0.3 is 20.9 Å². The van der Waals surface area contributed by atoms with Crippen molar-refractivity contribution in [3.8, 4) is 0 Å². The number of anilines is 2. The van der Waals surface area contributed by atoms with Crippen LogP contribution in [0, 0.1) is 5.92 Å². The summed E-state index contributed by atoms with van der Waals surface area (Å²) in [6.45, 7) is 4.19. The summed E-state index contributed by atoms with van der Waals surface area (Å²) in [6, 6.07) is 9.40. The van der Waals surface area contributed by atoms with E-state index in [4.69, 9.17) is 11.6 Å². The second-order valence-corrected chi connectivity index (χ2v) is 7.47. The van der Waals surface area contributed by atoms with Gasteiger partial charge in [-0.15, -0.1) is 0 Å². The van der Waals surface area contributed by atoms with E-state index in [9.17, 15) is 4.79 Å². The van der Waals surface area contributed by atoms with E-state index in [1.54, 1.807) is 12.3 Å². The van der Waals surface area contributed by atoms with Crippen molar-refractivity contribution >= 4 is 29.1 Å². The van der Waals surface area contributed by atoms with Gasteiger partial charge in [0.15, 0.2) is 0 Å². The third-order valence-electron chi connectivity index (χ3n) is 4.72. The van der Waals surface area contributed by atoms with Gasteiger partial charge in [0, 0.05) is 43.0 Å². The van der Waals surface area contributed by atoms with Crippen LogP contribution in [-0.2, 0) is 4.79 Å². The molecule has 0 spiro atoms. The van der Waals surface area contributed by atoms with E-state index in [0.29, 0.717) is 23.2 Å². The molecule has 1 aromatic carbocycles. The van der Waals surface area contributed by atoms with Gasteiger partial charge in [0.2, 0.25) is 5.91 Å². The molecule has 2 atom stereocenters. The molecular weight excluding hydrogens is 388 g/mol. The van der Waals surface area contributed by atoms with Gasteiger partial charge in [-0.05, 0) is 36.2 Å². The van der Waals surface area contributed by atoms with Crippen molar-refractivity contribution in [1.29, 1.82) is 0 Å². The number of aromatic nitrogens is 2. The highest BCUT2D eigenvalue weighted by Crippen LogP contribution is 2.48. The number of nitrogens with zero attached hydrogens (tertiary/aromatic N) is 3. The van der Waals surface area contributed by atoms with Crippen molar-refractivity contribution in [3.63, 3.8) is 0 Å². The number of halogens is 1. The van der Waals surface area contributed by atoms with Gasteiger partial charge in [-0.1, -0.05) is 30.3 Å². The lowest BCUT2D eigenvalue weighted by Crippen LogP contribution is -2.21. The quantitative estimate of drug-likeness (QED) is 0.585. The molecule has 3 rings (SSSR count). The lowest BCUT2D eigenvalue weighted by atomic mass is 10.1. The van der Waals surface area contributed by atoms with Gasteiger partial charge in [0.25, 0.3) is 0 Å². The Balaban J connectivity index is 1.57. The van der Waals surface area contributed by atoms with Crippen molar-refractivity contribution in [2.24, 2.45) is 5.92 Å². The summed E-state index contributed by atoms with van der Waals surface area (Å²) in [5.74, 6) is 1.21. The van der Waals surface area contributed by atoms with Crippen molar-refractivity contribution in [1.82, 2.24) is 20.2 Å². The molecule has 1 aromatic heterocycles. The highest BCUT2D eigenvalue weighted by atomic mass is 35.5. The highest BCUT2D eigenvalue weighted by molar-refractivity contribution is 6.30. The van der Waals surface area contributed by atoms with Crippen molar-refractivity contribution < 1.29 is 4.79 Å². The number of carbonyl (C=O) groups excluding carboxylic acids is 1. The Morgan fingerprint density at radius 1 is 1.31 bits per heavy atom. The molecule has 0 bridgehead atoms. The number of carbonyl (C=O) groups is 1. The Bertz CT molecular complexity index is 914. The fourth-order valence-electron chi connectivity index (χ4n) is 3.01. The van der Waals surface area contributed by atoms with Crippen LogP contribution < -0.4 is 16.0 Å². The molecule has 3 N–H and O–H groups in total. The van der Waals surface area contributed by atoms with Gasteiger partial charge in [-0.25, -0.2) is 9.97 Å². The van der Waals surface area contributed by atoms with E-state index in [2.05, 4.69) is 32.5 Å². The van der Waals surface area contributed by atoms with E-state index < -0.39 is 0 Å². The van der Waals surface area contributed by atoms with Crippen LogP contribution in [0.1, 0.15) is 17.9 Å². The SMILES string of the molecule is C=CN/C=C(/CNc1cc(NC(=O)[C@H]2C[C@@H]2c2cccc(Cl)c2)ncn1)N(C)C. The number of hydrogen-bond donors (Lipinski definition) is 3. The van der Waals surface area contributed by atoms with Crippen LogP contribution in [0.3, 0.4) is 0 Å². The third-order valence-corrected chi connectivity index (χ3v) is 4.95. The van der Waals surface area contributed by atoms with Crippen LogP contribution in [0.4, 0.5) is 11.6 Å². The summed E-state index contributed by atoms with van der Waals surface area (Å²) < 4.78 is 0. The Hall–Kier alpha value is -3.06. The van der Waals surface area contributed by atoms with Crippen LogP contribution in [-0.4, -0.2) is 41.4 Å². The third kappa shape index (κ3) is 5.71. The smallest absolute Gasteiger partial charge is 0.229 e. The Kier molecular flexibility index (Phi) is 6.72. The lowest BCUT2D eigenvalue weighted by molar-refractivity contribution is -0.117. The van der Waals surface area contributed by atoms with E-state index in [1.807, 2.05) is 49.5 Å². The molecule has 2 aromatic rings. The Morgan fingerprint density at radius 2 is 2.10 bits per heavy atom. The van der Waals surface area contributed by atoms with Gasteiger partial charge in [-0.2, -0.15) is 0 Å². The first-order chi connectivity index (χ1) is 14.0. The summed E-state index contributed by atoms with van der Waals surface area (Å²) in [4.78, 5) is 22.9. The normalized spacial score (nSPS) is 18.0. The van der Waals surface area contributed by atoms with Gasteiger partial charge in [0.1, 0.15) is 18.0 Å². The van der Waals surface area contributed by atoms with Crippen LogP contribution in [0.5, 0.6) is 0 Å². The van der Waals surface area contributed by atoms with Crippen LogP contribution >= 0.6 is 11.6 Å². The zero-order chi connectivity index (χ0) is 20.8. The molecule has 0 saturated heterocycles. The van der Waals surface area contributed by atoms with E-state index in [-0.39, 0.29) is 17.7 Å². The van der Waals surface area contributed by atoms with Crippen LogP contribution in [0.25, 0.3) is 0 Å². The van der Waals surface area contributed by atoms with Crippen molar-refractivity contribution in [2.45, 2.75) is 12.3 Å². The number of hydrogen-bond acceptors (Lipinski definition) is 6. The molecule has 29 heavy (non-hydrogen) atoms. The monoisotopic (exact) mass is 412 g/mol. The van der Waals surface area contributed by atoms with Gasteiger partial charge >= 0.3 is 0 Å².